The van der Waals surface area contributed by atoms with Crippen molar-refractivity contribution >= 4 is 17.3 Å². The molecule has 0 aliphatic rings. The van der Waals surface area contributed by atoms with Crippen molar-refractivity contribution in [3.05, 3.63) is 33.9 Å². The van der Waals surface area contributed by atoms with Gasteiger partial charge in [0.1, 0.15) is 5.69 Å². The first-order valence-electron chi connectivity index (χ1n) is 6.70. The van der Waals surface area contributed by atoms with Gasteiger partial charge in [0.15, 0.2) is 0 Å². The van der Waals surface area contributed by atoms with E-state index in [1.807, 2.05) is 13.8 Å². The minimum Gasteiger partial charge on any atom is -0.382 e. The maximum atomic E-state index is 12.4. The number of hydrogen-bond donors (Lipinski definition) is 1. The zero-order valence-electron chi connectivity index (χ0n) is 12.8. The summed E-state index contributed by atoms with van der Waals surface area (Å²) < 4.78 is 5.40. The van der Waals surface area contributed by atoms with E-state index in [9.17, 15) is 14.9 Å². The van der Waals surface area contributed by atoms with Crippen LogP contribution in [0.25, 0.3) is 0 Å². The second-order valence-corrected chi connectivity index (χ2v) is 4.85. The van der Waals surface area contributed by atoms with Gasteiger partial charge < -0.3 is 15.0 Å². The van der Waals surface area contributed by atoms with Gasteiger partial charge in [0, 0.05) is 26.7 Å². The van der Waals surface area contributed by atoms with Gasteiger partial charge in [-0.3, -0.25) is 14.9 Å². The highest BCUT2D eigenvalue weighted by Gasteiger charge is 2.22. The van der Waals surface area contributed by atoms with Crippen molar-refractivity contribution in [2.45, 2.75) is 20.0 Å². The second-order valence-electron chi connectivity index (χ2n) is 4.85. The molecular formula is C14H21N3O4. The van der Waals surface area contributed by atoms with Crippen LogP contribution in [0.2, 0.25) is 0 Å². The highest BCUT2D eigenvalue weighted by Crippen LogP contribution is 2.28. The fourth-order valence-corrected chi connectivity index (χ4v) is 1.87. The van der Waals surface area contributed by atoms with Crippen LogP contribution in [-0.2, 0) is 4.74 Å². The van der Waals surface area contributed by atoms with Gasteiger partial charge in [-0.2, -0.15) is 0 Å². The van der Waals surface area contributed by atoms with Crippen LogP contribution >= 0.6 is 0 Å². The molecule has 0 bridgehead atoms. The fourth-order valence-electron chi connectivity index (χ4n) is 1.87. The number of rotatable bonds is 7. The lowest BCUT2D eigenvalue weighted by molar-refractivity contribution is -0.384. The summed E-state index contributed by atoms with van der Waals surface area (Å²) in [6.07, 6.45) is 0.0965. The highest BCUT2D eigenvalue weighted by molar-refractivity contribution is 6.01. The lowest BCUT2D eigenvalue weighted by atomic mass is 10.1. The number of carbonyl (C=O) groups excluding carboxylic acids is 1. The molecule has 0 aliphatic carbocycles. The van der Waals surface area contributed by atoms with Gasteiger partial charge in [0.2, 0.25) is 0 Å². The summed E-state index contributed by atoms with van der Waals surface area (Å²) >= 11 is 0. The molecule has 0 atom stereocenters. The van der Waals surface area contributed by atoms with Crippen LogP contribution in [0, 0.1) is 10.1 Å². The summed E-state index contributed by atoms with van der Waals surface area (Å²) in [5.74, 6) is -0.282. The van der Waals surface area contributed by atoms with Gasteiger partial charge in [0.05, 0.1) is 23.2 Å². The third-order valence-corrected chi connectivity index (χ3v) is 2.94. The third-order valence-electron chi connectivity index (χ3n) is 2.94. The number of nitro benzene ring substituents is 1. The molecule has 1 aromatic rings. The number of para-hydroxylation sites is 1. The molecule has 1 aromatic carbocycles. The van der Waals surface area contributed by atoms with Crippen molar-refractivity contribution in [3.63, 3.8) is 0 Å². The number of carbonyl (C=O) groups is 1. The summed E-state index contributed by atoms with van der Waals surface area (Å²) in [5.41, 5.74) is 0.387. The standard InChI is InChI=1S/C14H21N3O4/c1-10(2)21-9-8-16(4)14(18)11-6-5-7-12(17(19)20)13(11)15-3/h5-7,10,15H,8-9H2,1-4H3. The molecule has 0 unspecified atom stereocenters. The van der Waals surface area contributed by atoms with E-state index in [1.54, 1.807) is 20.2 Å². The molecule has 0 saturated carbocycles. The van der Waals surface area contributed by atoms with Crippen molar-refractivity contribution in [1.29, 1.82) is 0 Å². The van der Waals surface area contributed by atoms with Crippen molar-refractivity contribution in [2.24, 2.45) is 0 Å². The van der Waals surface area contributed by atoms with E-state index in [0.29, 0.717) is 13.2 Å². The Morgan fingerprint density at radius 3 is 2.67 bits per heavy atom. The number of likely N-dealkylation sites (N-methyl/N-ethyl adjacent to an activating group) is 1. The Labute approximate surface area is 124 Å². The van der Waals surface area contributed by atoms with E-state index < -0.39 is 4.92 Å². The zero-order chi connectivity index (χ0) is 16.0. The number of benzene rings is 1. The average molecular weight is 295 g/mol. The Morgan fingerprint density at radius 2 is 2.14 bits per heavy atom. The Hall–Kier alpha value is -2.15. The minimum absolute atomic E-state index is 0.0965. The molecule has 0 radical (unpaired) electrons. The number of nitrogens with zero attached hydrogens (tertiary/aromatic N) is 2. The highest BCUT2D eigenvalue weighted by atomic mass is 16.6. The quantitative estimate of drug-likeness (QED) is 0.615. The molecule has 0 spiro atoms. The van der Waals surface area contributed by atoms with Crippen molar-refractivity contribution in [2.75, 3.05) is 32.6 Å². The molecular weight excluding hydrogens is 274 g/mol. The zero-order valence-corrected chi connectivity index (χ0v) is 12.8. The second kappa shape index (κ2) is 7.58. The minimum atomic E-state index is -0.509. The topological polar surface area (TPSA) is 84.7 Å². The van der Waals surface area contributed by atoms with E-state index in [0.717, 1.165) is 0 Å². The summed E-state index contributed by atoms with van der Waals surface area (Å²) in [4.78, 5) is 24.4. The van der Waals surface area contributed by atoms with E-state index in [1.165, 1.54) is 17.0 Å². The van der Waals surface area contributed by atoms with Crippen LogP contribution in [-0.4, -0.2) is 49.1 Å². The number of anilines is 1. The number of nitrogens with one attached hydrogen (secondary N) is 1. The van der Waals surface area contributed by atoms with Crippen LogP contribution in [0.1, 0.15) is 24.2 Å². The third kappa shape index (κ3) is 4.42. The summed E-state index contributed by atoms with van der Waals surface area (Å²) in [6.45, 7) is 4.68. The molecule has 1 N–H and O–H groups in total. The van der Waals surface area contributed by atoms with Gasteiger partial charge in [0.25, 0.3) is 11.6 Å². The average Bonchev–Trinajstić information content (AvgIpc) is 2.44. The molecule has 1 amide bonds. The summed E-state index contributed by atoms with van der Waals surface area (Å²) in [6, 6.07) is 4.44. The van der Waals surface area contributed by atoms with Crippen LogP contribution < -0.4 is 5.32 Å². The van der Waals surface area contributed by atoms with Crippen LogP contribution in [0.4, 0.5) is 11.4 Å². The first kappa shape index (κ1) is 16.9. The fraction of sp³-hybridized carbons (Fsp3) is 0.500. The first-order valence-corrected chi connectivity index (χ1v) is 6.70. The SMILES string of the molecule is CNc1c(C(=O)N(C)CCOC(C)C)cccc1[N+](=O)[O-]. The largest absolute Gasteiger partial charge is 0.382 e. The number of ether oxygens (including phenoxy) is 1. The molecule has 7 heteroatoms. The van der Waals surface area contributed by atoms with Gasteiger partial charge in [-0.1, -0.05) is 6.07 Å². The van der Waals surface area contributed by atoms with Gasteiger partial charge in [-0.05, 0) is 19.9 Å². The molecule has 0 saturated heterocycles. The van der Waals surface area contributed by atoms with Gasteiger partial charge >= 0.3 is 0 Å². The van der Waals surface area contributed by atoms with E-state index >= 15 is 0 Å². The van der Waals surface area contributed by atoms with E-state index in [-0.39, 0.29) is 28.9 Å². The van der Waals surface area contributed by atoms with E-state index in [2.05, 4.69) is 5.32 Å². The predicted molar refractivity (Wildman–Crippen MR) is 80.7 cm³/mol. The first-order chi connectivity index (χ1) is 9.88. The molecule has 21 heavy (non-hydrogen) atoms. The number of nitro groups is 1. The summed E-state index contributed by atoms with van der Waals surface area (Å²) in [7, 11) is 3.20. The van der Waals surface area contributed by atoms with Crippen molar-refractivity contribution < 1.29 is 14.5 Å². The Morgan fingerprint density at radius 1 is 1.48 bits per heavy atom. The predicted octanol–water partition coefficient (Wildman–Crippen LogP) is 2.13. The molecule has 1 rings (SSSR count). The maximum absolute atomic E-state index is 12.4. The van der Waals surface area contributed by atoms with Crippen molar-refractivity contribution in [1.82, 2.24) is 4.90 Å². The number of amides is 1. The van der Waals surface area contributed by atoms with Crippen LogP contribution in [0.5, 0.6) is 0 Å². The maximum Gasteiger partial charge on any atom is 0.293 e. The monoisotopic (exact) mass is 295 g/mol. The van der Waals surface area contributed by atoms with Gasteiger partial charge in [-0.15, -0.1) is 0 Å². The Bertz CT molecular complexity index is 517. The number of hydrogen-bond acceptors (Lipinski definition) is 5. The Balaban J connectivity index is 2.91. The molecule has 0 fully saturated rings. The smallest absolute Gasteiger partial charge is 0.293 e. The normalized spacial score (nSPS) is 10.5. The molecule has 116 valence electrons. The van der Waals surface area contributed by atoms with Crippen LogP contribution in [0.3, 0.4) is 0 Å². The lowest BCUT2D eigenvalue weighted by Gasteiger charge is -2.19. The van der Waals surface area contributed by atoms with Crippen LogP contribution in [0.15, 0.2) is 18.2 Å². The van der Waals surface area contributed by atoms with Crippen molar-refractivity contribution in [3.8, 4) is 0 Å². The molecule has 0 aromatic heterocycles. The van der Waals surface area contributed by atoms with E-state index in [4.69, 9.17) is 4.74 Å². The lowest BCUT2D eigenvalue weighted by Crippen LogP contribution is -2.31. The molecule has 7 nitrogen and oxygen atoms in total. The molecule has 0 aliphatic heterocycles. The van der Waals surface area contributed by atoms with Gasteiger partial charge in [-0.25, -0.2) is 0 Å². The summed E-state index contributed by atoms with van der Waals surface area (Å²) in [5, 5.41) is 13.7. The molecule has 0 heterocycles. The Kier molecular flexibility index (Phi) is 6.10.